The molecule has 0 aliphatic carbocycles. The molecular weight excluding hydrogens is 98.0 g/mol. The molecule has 0 fully saturated rings. The largest absolute Gasteiger partial charge is 0.354 e. The number of hydrogen-bond donors (Lipinski definition) is 3. The van der Waals surface area contributed by atoms with E-state index in [0.29, 0.717) is 6.61 Å². The zero-order chi connectivity index (χ0) is 5.70. The number of aliphatic hydroxyl groups is 2. The van der Waals surface area contributed by atoms with Gasteiger partial charge in [0.1, 0.15) is 0 Å². The van der Waals surface area contributed by atoms with Crippen LogP contribution in [0.15, 0.2) is 0 Å². The number of hydrogen-bond acceptors (Lipinski definition) is 4. The van der Waals surface area contributed by atoms with Gasteiger partial charge in [-0.1, -0.05) is 0 Å². The molecule has 4 heteroatoms. The van der Waals surface area contributed by atoms with Crippen molar-refractivity contribution in [2.24, 2.45) is 0 Å². The standard InChI is InChI=1S/C3H9NO3/c1-2-7-4-3(5)6/h3-6H,2H2,1H3. The lowest BCUT2D eigenvalue weighted by Crippen LogP contribution is -2.27. The fourth-order valence-electron chi connectivity index (χ4n) is 0.158. The van der Waals surface area contributed by atoms with Gasteiger partial charge in [0.2, 0.25) is 6.41 Å². The van der Waals surface area contributed by atoms with E-state index in [1.807, 2.05) is 5.48 Å². The molecule has 0 amide bonds. The molecule has 0 rings (SSSR count). The maximum atomic E-state index is 8.00. The Morgan fingerprint density at radius 2 is 2.29 bits per heavy atom. The summed E-state index contributed by atoms with van der Waals surface area (Å²) in [5.74, 6) is 0. The Hall–Kier alpha value is -0.160. The molecule has 0 unspecified atom stereocenters. The molecule has 0 aliphatic heterocycles. The first-order chi connectivity index (χ1) is 3.27. The molecule has 44 valence electrons. The molecule has 0 radical (unpaired) electrons. The van der Waals surface area contributed by atoms with Crippen molar-refractivity contribution in [3.05, 3.63) is 0 Å². The first kappa shape index (κ1) is 6.84. The van der Waals surface area contributed by atoms with Gasteiger partial charge in [0, 0.05) is 0 Å². The Morgan fingerprint density at radius 3 is 2.43 bits per heavy atom. The zero-order valence-corrected chi connectivity index (χ0v) is 4.09. The second-order valence-electron chi connectivity index (χ2n) is 0.925. The third kappa shape index (κ3) is 5.84. The van der Waals surface area contributed by atoms with E-state index in [4.69, 9.17) is 10.2 Å². The Balaban J connectivity index is 2.68. The van der Waals surface area contributed by atoms with Gasteiger partial charge in [-0.05, 0) is 6.92 Å². The molecule has 3 N–H and O–H groups in total. The molecule has 4 nitrogen and oxygen atoms in total. The molecule has 0 aliphatic rings. The van der Waals surface area contributed by atoms with Gasteiger partial charge in [-0.25, -0.2) is 0 Å². The summed E-state index contributed by atoms with van der Waals surface area (Å²) in [4.78, 5) is 4.34. The van der Waals surface area contributed by atoms with Crippen molar-refractivity contribution in [1.82, 2.24) is 5.48 Å². The second-order valence-corrected chi connectivity index (χ2v) is 0.925. The van der Waals surface area contributed by atoms with Crippen LogP contribution in [-0.4, -0.2) is 23.2 Å². The van der Waals surface area contributed by atoms with Crippen molar-refractivity contribution >= 4 is 0 Å². The van der Waals surface area contributed by atoms with Gasteiger partial charge in [-0.15, -0.1) is 5.48 Å². The number of nitrogens with one attached hydrogen (secondary N) is 1. The smallest absolute Gasteiger partial charge is 0.233 e. The monoisotopic (exact) mass is 107 g/mol. The van der Waals surface area contributed by atoms with Gasteiger partial charge < -0.3 is 10.2 Å². The lowest BCUT2D eigenvalue weighted by molar-refractivity contribution is -0.160. The van der Waals surface area contributed by atoms with Crippen LogP contribution in [0.3, 0.4) is 0 Å². The van der Waals surface area contributed by atoms with Gasteiger partial charge >= 0.3 is 0 Å². The van der Waals surface area contributed by atoms with E-state index < -0.39 is 6.41 Å². The average molecular weight is 107 g/mol. The van der Waals surface area contributed by atoms with Crippen LogP contribution in [0.25, 0.3) is 0 Å². The van der Waals surface area contributed by atoms with Crippen LogP contribution < -0.4 is 5.48 Å². The topological polar surface area (TPSA) is 61.7 Å². The molecule has 0 aromatic rings. The first-order valence-electron chi connectivity index (χ1n) is 2.00. The van der Waals surface area contributed by atoms with E-state index in [-0.39, 0.29) is 0 Å². The highest BCUT2D eigenvalue weighted by molar-refractivity contribution is 4.10. The minimum atomic E-state index is -1.57. The van der Waals surface area contributed by atoms with Crippen molar-refractivity contribution in [2.45, 2.75) is 13.3 Å². The predicted molar refractivity (Wildman–Crippen MR) is 23.0 cm³/mol. The van der Waals surface area contributed by atoms with Gasteiger partial charge in [0.05, 0.1) is 6.61 Å². The molecule has 7 heavy (non-hydrogen) atoms. The van der Waals surface area contributed by atoms with E-state index in [0.717, 1.165) is 0 Å². The quantitative estimate of drug-likeness (QED) is 0.313. The molecule has 0 atom stereocenters. The van der Waals surface area contributed by atoms with Crippen molar-refractivity contribution in [3.8, 4) is 0 Å². The van der Waals surface area contributed by atoms with Crippen molar-refractivity contribution in [3.63, 3.8) is 0 Å². The van der Waals surface area contributed by atoms with E-state index in [1.54, 1.807) is 6.92 Å². The maximum absolute atomic E-state index is 8.00. The van der Waals surface area contributed by atoms with E-state index in [9.17, 15) is 0 Å². The summed E-state index contributed by atoms with van der Waals surface area (Å²) in [6.45, 7) is 2.15. The SMILES string of the molecule is CCONC(O)O. The first-order valence-corrected chi connectivity index (χ1v) is 2.00. The molecule has 0 bridgehead atoms. The van der Waals surface area contributed by atoms with E-state index >= 15 is 0 Å². The Morgan fingerprint density at radius 1 is 1.71 bits per heavy atom. The normalized spacial score (nSPS) is 10.3. The molecular formula is C3H9NO3. The lowest BCUT2D eigenvalue weighted by Gasteiger charge is -2.02. The fourth-order valence-corrected chi connectivity index (χ4v) is 0.158. The van der Waals surface area contributed by atoms with Crippen LogP contribution in [0.2, 0.25) is 0 Å². The minimum Gasteiger partial charge on any atom is -0.354 e. The zero-order valence-electron chi connectivity index (χ0n) is 4.09. The molecule has 0 saturated heterocycles. The van der Waals surface area contributed by atoms with Crippen LogP contribution in [0.4, 0.5) is 0 Å². The number of hydroxylamine groups is 1. The molecule has 0 aromatic carbocycles. The van der Waals surface area contributed by atoms with Gasteiger partial charge in [0.15, 0.2) is 0 Å². The summed E-state index contributed by atoms with van der Waals surface area (Å²) >= 11 is 0. The van der Waals surface area contributed by atoms with Crippen LogP contribution >= 0.6 is 0 Å². The van der Waals surface area contributed by atoms with Gasteiger partial charge in [0.25, 0.3) is 0 Å². The van der Waals surface area contributed by atoms with Crippen LogP contribution in [0.5, 0.6) is 0 Å². The average Bonchev–Trinajstić information content (AvgIpc) is 1.61. The van der Waals surface area contributed by atoms with Crippen molar-refractivity contribution in [1.29, 1.82) is 0 Å². The van der Waals surface area contributed by atoms with Gasteiger partial charge in [-0.3, -0.25) is 4.84 Å². The Kier molecular flexibility index (Phi) is 3.92. The van der Waals surface area contributed by atoms with Gasteiger partial charge in [-0.2, -0.15) is 0 Å². The third-order valence-electron chi connectivity index (χ3n) is 0.333. The highest BCUT2D eigenvalue weighted by Crippen LogP contribution is 1.65. The third-order valence-corrected chi connectivity index (χ3v) is 0.333. The minimum absolute atomic E-state index is 0.414. The summed E-state index contributed by atoms with van der Waals surface area (Å²) < 4.78 is 0. The van der Waals surface area contributed by atoms with Crippen LogP contribution in [0.1, 0.15) is 6.92 Å². The summed E-state index contributed by atoms with van der Waals surface area (Å²) in [5, 5.41) is 16.0. The second kappa shape index (κ2) is 4.01. The lowest BCUT2D eigenvalue weighted by atomic mass is 10.9. The fraction of sp³-hybridized carbons (Fsp3) is 1.00. The van der Waals surface area contributed by atoms with Crippen molar-refractivity contribution < 1.29 is 15.1 Å². The van der Waals surface area contributed by atoms with E-state index in [2.05, 4.69) is 4.84 Å². The molecule has 0 saturated carbocycles. The Labute approximate surface area is 41.7 Å². The summed E-state index contributed by atoms with van der Waals surface area (Å²) in [6, 6.07) is 0. The summed E-state index contributed by atoms with van der Waals surface area (Å²) in [7, 11) is 0. The van der Waals surface area contributed by atoms with Crippen molar-refractivity contribution in [2.75, 3.05) is 6.61 Å². The maximum Gasteiger partial charge on any atom is 0.233 e. The molecule has 0 spiro atoms. The summed E-state index contributed by atoms with van der Waals surface area (Å²) in [6.07, 6.45) is -1.57. The molecule has 0 aromatic heterocycles. The Bertz CT molecular complexity index is 39.2. The number of rotatable bonds is 3. The predicted octanol–water partition coefficient (Wildman–Crippen LogP) is -1.20. The van der Waals surface area contributed by atoms with E-state index in [1.165, 1.54) is 0 Å². The number of aliphatic hydroxyl groups excluding tert-OH is 1. The van der Waals surface area contributed by atoms with Crippen LogP contribution in [-0.2, 0) is 4.84 Å². The summed E-state index contributed by atoms with van der Waals surface area (Å²) in [5.41, 5.74) is 1.91. The molecule has 0 heterocycles. The highest BCUT2D eigenvalue weighted by Gasteiger charge is 1.89. The highest BCUT2D eigenvalue weighted by atomic mass is 16.7. The van der Waals surface area contributed by atoms with Crippen LogP contribution in [0, 0.1) is 0 Å².